The first-order valence-electron chi connectivity index (χ1n) is 6.83. The second kappa shape index (κ2) is 6.24. The van der Waals surface area contributed by atoms with Crippen molar-refractivity contribution < 1.29 is 9.42 Å². The molecule has 11 nitrogen and oxygen atoms in total. The van der Waals surface area contributed by atoms with Gasteiger partial charge in [0.15, 0.2) is 5.69 Å². The Balaban J connectivity index is 1.86. The van der Waals surface area contributed by atoms with E-state index in [1.807, 2.05) is 6.07 Å². The molecule has 0 unspecified atom stereocenters. The fourth-order valence-corrected chi connectivity index (χ4v) is 1.93. The van der Waals surface area contributed by atoms with E-state index in [0.717, 1.165) is 10.2 Å². The average molecular weight is 327 g/mol. The minimum absolute atomic E-state index is 0.0102. The number of amides is 1. The molecule has 3 N–H and O–H groups in total. The largest absolute Gasteiger partial charge is 0.378 e. The van der Waals surface area contributed by atoms with Crippen LogP contribution in [-0.4, -0.2) is 41.9 Å². The second-order valence-corrected chi connectivity index (χ2v) is 4.79. The third kappa shape index (κ3) is 2.82. The minimum atomic E-state index is -0.525. The molecular weight excluding hydrogens is 314 g/mol. The summed E-state index contributed by atoms with van der Waals surface area (Å²) in [5.41, 5.74) is 9.95. The number of hydrogen-bond donors (Lipinski definition) is 2. The number of rotatable bonds is 4. The lowest BCUT2D eigenvalue weighted by atomic mass is 10.2. The lowest BCUT2D eigenvalue weighted by molar-refractivity contribution is 0.0946. The molecule has 3 rings (SSSR count). The van der Waals surface area contributed by atoms with Crippen molar-refractivity contribution in [1.82, 2.24) is 35.7 Å². The molecule has 24 heavy (non-hydrogen) atoms. The van der Waals surface area contributed by atoms with E-state index in [4.69, 9.17) is 5.73 Å². The number of nitrogens with one attached hydrogen (secondary N) is 1. The van der Waals surface area contributed by atoms with Gasteiger partial charge in [-0.2, -0.15) is 9.78 Å². The van der Waals surface area contributed by atoms with Gasteiger partial charge in [-0.3, -0.25) is 9.78 Å². The molecule has 0 atom stereocenters. The highest BCUT2D eigenvalue weighted by atomic mass is 16.6. The Morgan fingerprint density at radius 1 is 1.42 bits per heavy atom. The van der Waals surface area contributed by atoms with Crippen LogP contribution < -0.4 is 11.2 Å². The van der Waals surface area contributed by atoms with Gasteiger partial charge in [0.25, 0.3) is 5.91 Å². The maximum absolute atomic E-state index is 12.4. The minimum Gasteiger partial charge on any atom is -0.378 e. The van der Waals surface area contributed by atoms with Crippen LogP contribution >= 0.6 is 0 Å². The van der Waals surface area contributed by atoms with E-state index in [1.165, 1.54) is 0 Å². The van der Waals surface area contributed by atoms with Crippen LogP contribution in [0.4, 0.5) is 5.82 Å². The summed E-state index contributed by atoms with van der Waals surface area (Å²) in [6.45, 7) is 3.37. The van der Waals surface area contributed by atoms with Crippen LogP contribution in [0, 0.1) is 6.92 Å². The number of hydrazone groups is 1. The summed E-state index contributed by atoms with van der Waals surface area (Å²) >= 11 is 0. The highest BCUT2D eigenvalue weighted by molar-refractivity contribution is 6.00. The van der Waals surface area contributed by atoms with E-state index < -0.39 is 5.91 Å². The molecule has 0 bridgehead atoms. The molecule has 11 heteroatoms. The van der Waals surface area contributed by atoms with E-state index in [9.17, 15) is 4.79 Å². The fourth-order valence-electron chi connectivity index (χ4n) is 1.93. The van der Waals surface area contributed by atoms with Crippen LogP contribution in [0.1, 0.15) is 28.7 Å². The number of aryl methyl sites for hydroxylation is 1. The Kier molecular flexibility index (Phi) is 3.97. The molecule has 0 fully saturated rings. The molecule has 3 aromatic rings. The molecule has 3 heterocycles. The van der Waals surface area contributed by atoms with Gasteiger partial charge in [0, 0.05) is 18.0 Å². The highest BCUT2D eigenvalue weighted by Gasteiger charge is 2.22. The summed E-state index contributed by atoms with van der Waals surface area (Å²) in [6.07, 6.45) is 3.29. The zero-order chi connectivity index (χ0) is 17.1. The molecule has 0 aliphatic heterocycles. The van der Waals surface area contributed by atoms with Gasteiger partial charge < -0.3 is 5.73 Å². The lowest BCUT2D eigenvalue weighted by Gasteiger charge is -2.04. The zero-order valence-electron chi connectivity index (χ0n) is 12.8. The monoisotopic (exact) mass is 327 g/mol. The molecule has 0 saturated carbocycles. The van der Waals surface area contributed by atoms with E-state index in [0.29, 0.717) is 11.4 Å². The van der Waals surface area contributed by atoms with Crippen molar-refractivity contribution in [2.24, 2.45) is 5.10 Å². The first-order chi connectivity index (χ1) is 11.6. The van der Waals surface area contributed by atoms with Gasteiger partial charge in [-0.15, -0.1) is 5.10 Å². The number of pyridine rings is 1. The smallest absolute Gasteiger partial charge is 0.292 e. The summed E-state index contributed by atoms with van der Waals surface area (Å²) in [7, 11) is 0. The standard InChI is InChI=1S/C13H13N9O2/c1-7(9-4-3-5-15-6-9)16-18-13(23)10-8(2)17-21-22(10)12-11(14)19-24-20-12/h3-6H,1-2H3,(H2,14,19)(H,18,23)/b16-7-. The van der Waals surface area contributed by atoms with Gasteiger partial charge in [0.1, 0.15) is 0 Å². The Bertz CT molecular complexity index is 897. The van der Waals surface area contributed by atoms with Gasteiger partial charge >= 0.3 is 0 Å². The number of hydrogen-bond acceptors (Lipinski definition) is 9. The number of anilines is 1. The number of nitrogen functional groups attached to an aromatic ring is 1. The summed E-state index contributed by atoms with van der Waals surface area (Å²) in [5, 5.41) is 18.8. The molecule has 0 radical (unpaired) electrons. The summed E-state index contributed by atoms with van der Waals surface area (Å²) in [5.74, 6) is -0.458. The van der Waals surface area contributed by atoms with Crippen LogP contribution in [0.15, 0.2) is 34.3 Å². The van der Waals surface area contributed by atoms with Crippen molar-refractivity contribution in [3.05, 3.63) is 41.5 Å². The summed E-state index contributed by atoms with van der Waals surface area (Å²) in [6, 6.07) is 3.61. The zero-order valence-corrected chi connectivity index (χ0v) is 12.8. The van der Waals surface area contributed by atoms with E-state index >= 15 is 0 Å². The lowest BCUT2D eigenvalue weighted by Crippen LogP contribution is -2.24. The predicted molar refractivity (Wildman–Crippen MR) is 82.3 cm³/mol. The maximum atomic E-state index is 12.4. The van der Waals surface area contributed by atoms with E-state index in [2.05, 4.69) is 40.8 Å². The molecule has 0 aliphatic carbocycles. The number of aromatic nitrogens is 6. The van der Waals surface area contributed by atoms with Crippen molar-refractivity contribution >= 4 is 17.4 Å². The van der Waals surface area contributed by atoms with Gasteiger partial charge in [0.05, 0.1) is 11.4 Å². The Labute approximate surface area is 135 Å². The second-order valence-electron chi connectivity index (χ2n) is 4.79. The van der Waals surface area contributed by atoms with Crippen LogP contribution in [0.25, 0.3) is 5.82 Å². The number of nitrogens with zero attached hydrogens (tertiary/aromatic N) is 7. The molecule has 0 spiro atoms. The Hall–Kier alpha value is -3.63. The SMILES string of the molecule is C/C(=N/NC(=O)c1c(C)nnn1-c1nonc1N)c1cccnc1. The van der Waals surface area contributed by atoms with Crippen LogP contribution in [0.5, 0.6) is 0 Å². The number of carbonyl (C=O) groups excluding carboxylic acids is 1. The van der Waals surface area contributed by atoms with Crippen LogP contribution in [0.3, 0.4) is 0 Å². The summed E-state index contributed by atoms with van der Waals surface area (Å²) < 4.78 is 5.66. The third-order valence-corrected chi connectivity index (χ3v) is 3.15. The topological polar surface area (TPSA) is 150 Å². The van der Waals surface area contributed by atoms with E-state index in [-0.39, 0.29) is 17.3 Å². The molecular formula is C13H13N9O2. The summed E-state index contributed by atoms with van der Waals surface area (Å²) in [4.78, 5) is 16.4. The molecule has 3 aromatic heterocycles. The normalized spacial score (nSPS) is 11.5. The van der Waals surface area contributed by atoms with Crippen molar-refractivity contribution in [3.8, 4) is 5.82 Å². The first-order valence-corrected chi connectivity index (χ1v) is 6.83. The number of carbonyl (C=O) groups is 1. The maximum Gasteiger partial charge on any atom is 0.292 e. The molecule has 122 valence electrons. The van der Waals surface area contributed by atoms with Crippen LogP contribution in [0.2, 0.25) is 0 Å². The average Bonchev–Trinajstić information content (AvgIpc) is 3.18. The molecule has 0 aromatic carbocycles. The first kappa shape index (κ1) is 15.3. The Morgan fingerprint density at radius 2 is 2.25 bits per heavy atom. The van der Waals surface area contributed by atoms with Gasteiger partial charge in [-0.1, -0.05) is 11.3 Å². The van der Waals surface area contributed by atoms with Crippen molar-refractivity contribution in [3.63, 3.8) is 0 Å². The fraction of sp³-hybridized carbons (Fsp3) is 0.154. The number of nitrogens with two attached hydrogens (primary N) is 1. The van der Waals surface area contributed by atoms with E-state index in [1.54, 1.807) is 32.3 Å². The Morgan fingerprint density at radius 3 is 2.92 bits per heavy atom. The van der Waals surface area contributed by atoms with Crippen molar-refractivity contribution in [1.29, 1.82) is 0 Å². The molecule has 0 saturated heterocycles. The van der Waals surface area contributed by atoms with Gasteiger partial charge in [0.2, 0.25) is 11.6 Å². The van der Waals surface area contributed by atoms with Gasteiger partial charge in [-0.05, 0) is 30.2 Å². The van der Waals surface area contributed by atoms with Crippen LogP contribution in [-0.2, 0) is 0 Å². The third-order valence-electron chi connectivity index (χ3n) is 3.15. The predicted octanol–water partition coefficient (Wildman–Crippen LogP) is 0.0899. The molecule has 0 aliphatic rings. The van der Waals surface area contributed by atoms with Crippen molar-refractivity contribution in [2.45, 2.75) is 13.8 Å². The van der Waals surface area contributed by atoms with Crippen molar-refractivity contribution in [2.75, 3.05) is 5.73 Å². The van der Waals surface area contributed by atoms with Gasteiger partial charge in [-0.25, -0.2) is 10.1 Å². The highest BCUT2D eigenvalue weighted by Crippen LogP contribution is 2.15. The molecule has 1 amide bonds. The quantitative estimate of drug-likeness (QED) is 0.505.